The number of hydrogen-bond donors (Lipinski definition) is 1. The molecule has 0 bridgehead atoms. The minimum absolute atomic E-state index is 0.162. The van der Waals surface area contributed by atoms with Crippen molar-refractivity contribution in [3.05, 3.63) is 70.2 Å². The van der Waals surface area contributed by atoms with Crippen LogP contribution in [0.3, 0.4) is 0 Å². The molecule has 4 aromatic rings. The van der Waals surface area contributed by atoms with Crippen molar-refractivity contribution >= 4 is 22.5 Å². The van der Waals surface area contributed by atoms with Gasteiger partial charge in [0.2, 0.25) is 5.91 Å². The molecule has 0 fully saturated rings. The Morgan fingerprint density at radius 1 is 1.30 bits per heavy atom. The molecule has 0 spiro atoms. The molecule has 4 rings (SSSR count). The molecule has 1 aromatic carbocycles. The molecule has 27 heavy (non-hydrogen) atoms. The van der Waals surface area contributed by atoms with Crippen LogP contribution >= 0.6 is 0 Å². The molecule has 3 heterocycles. The number of carbonyl (C=O) groups is 1. The normalized spacial score (nSPS) is 12.6. The Morgan fingerprint density at radius 2 is 2.11 bits per heavy atom. The highest BCUT2D eigenvalue weighted by atomic mass is 19.1. The fourth-order valence-corrected chi connectivity index (χ4v) is 3.15. The molecule has 1 amide bonds. The Balaban J connectivity index is 1.63. The average molecular weight is 368 g/mol. The Morgan fingerprint density at radius 3 is 2.89 bits per heavy atom. The summed E-state index contributed by atoms with van der Waals surface area (Å²) in [6, 6.07) is 8.55. The van der Waals surface area contributed by atoms with E-state index >= 15 is 0 Å². The van der Waals surface area contributed by atoms with Crippen molar-refractivity contribution in [3.8, 4) is 0 Å². The molecule has 3 aromatic heterocycles. The van der Waals surface area contributed by atoms with Gasteiger partial charge < -0.3 is 9.73 Å². The number of hydrogen-bond acceptors (Lipinski definition) is 4. The smallest absolute Gasteiger partial charge is 0.291 e. The van der Waals surface area contributed by atoms with Crippen molar-refractivity contribution in [2.24, 2.45) is 0 Å². The van der Waals surface area contributed by atoms with Crippen LogP contribution < -0.4 is 10.9 Å². The maximum Gasteiger partial charge on any atom is 0.291 e. The van der Waals surface area contributed by atoms with Crippen molar-refractivity contribution < 1.29 is 13.6 Å². The lowest BCUT2D eigenvalue weighted by Crippen LogP contribution is -2.38. The third-order valence-corrected chi connectivity index (χ3v) is 4.53. The van der Waals surface area contributed by atoms with E-state index in [0.717, 1.165) is 10.2 Å². The summed E-state index contributed by atoms with van der Waals surface area (Å²) in [4.78, 5) is 25.3. The molecular weight excluding hydrogens is 351 g/mol. The molecule has 8 heteroatoms. The quantitative estimate of drug-likeness (QED) is 0.600. The number of fused-ring (bicyclic) bond motifs is 3. The van der Waals surface area contributed by atoms with Gasteiger partial charge in [0.25, 0.3) is 5.56 Å². The SMILES string of the molecule is Cc1nn([C@H](C)C(=O)NCc2cccc(F)c2)c(=O)c2cc3occc3n12. The van der Waals surface area contributed by atoms with Gasteiger partial charge >= 0.3 is 0 Å². The molecule has 0 aliphatic carbocycles. The first-order valence-electron chi connectivity index (χ1n) is 8.46. The third kappa shape index (κ3) is 2.88. The van der Waals surface area contributed by atoms with E-state index in [1.807, 2.05) is 0 Å². The van der Waals surface area contributed by atoms with E-state index in [1.54, 1.807) is 48.8 Å². The molecule has 0 saturated heterocycles. The molecular formula is C19H17FN4O3. The van der Waals surface area contributed by atoms with E-state index < -0.39 is 6.04 Å². The summed E-state index contributed by atoms with van der Waals surface area (Å²) in [6.07, 6.45) is 1.55. The predicted octanol–water partition coefficient (Wildman–Crippen LogP) is 2.57. The monoisotopic (exact) mass is 368 g/mol. The van der Waals surface area contributed by atoms with Gasteiger partial charge in [-0.2, -0.15) is 5.10 Å². The van der Waals surface area contributed by atoms with Gasteiger partial charge in [0.15, 0.2) is 5.58 Å². The number of rotatable bonds is 4. The predicted molar refractivity (Wildman–Crippen MR) is 96.9 cm³/mol. The van der Waals surface area contributed by atoms with Gasteiger partial charge in [-0.25, -0.2) is 9.07 Å². The van der Waals surface area contributed by atoms with Crippen molar-refractivity contribution in [3.63, 3.8) is 0 Å². The van der Waals surface area contributed by atoms with Crippen LogP contribution in [0.15, 0.2) is 51.9 Å². The molecule has 0 aliphatic heterocycles. The van der Waals surface area contributed by atoms with E-state index in [-0.39, 0.29) is 23.8 Å². The summed E-state index contributed by atoms with van der Waals surface area (Å²) in [7, 11) is 0. The second-order valence-electron chi connectivity index (χ2n) is 6.36. The van der Waals surface area contributed by atoms with Crippen LogP contribution in [0.5, 0.6) is 0 Å². The highest BCUT2D eigenvalue weighted by molar-refractivity contribution is 5.83. The number of aryl methyl sites for hydroxylation is 1. The molecule has 1 atom stereocenters. The van der Waals surface area contributed by atoms with Gasteiger partial charge in [-0.1, -0.05) is 12.1 Å². The van der Waals surface area contributed by atoms with Crippen molar-refractivity contribution in [1.29, 1.82) is 0 Å². The minimum Gasteiger partial charge on any atom is -0.463 e. The molecule has 0 aliphatic rings. The van der Waals surface area contributed by atoms with Gasteiger partial charge in [0.05, 0.1) is 11.8 Å². The number of halogens is 1. The lowest BCUT2D eigenvalue weighted by molar-refractivity contribution is -0.124. The van der Waals surface area contributed by atoms with Gasteiger partial charge in [-0.15, -0.1) is 0 Å². The molecule has 7 nitrogen and oxygen atoms in total. The lowest BCUT2D eigenvalue weighted by Gasteiger charge is -2.15. The van der Waals surface area contributed by atoms with Crippen LogP contribution in [0.25, 0.3) is 16.6 Å². The summed E-state index contributed by atoms with van der Waals surface area (Å²) < 4.78 is 21.5. The summed E-state index contributed by atoms with van der Waals surface area (Å²) in [5.74, 6) is -0.190. The molecule has 138 valence electrons. The zero-order valence-electron chi connectivity index (χ0n) is 14.8. The third-order valence-electron chi connectivity index (χ3n) is 4.53. The van der Waals surface area contributed by atoms with Crippen molar-refractivity contribution in [2.75, 3.05) is 0 Å². The van der Waals surface area contributed by atoms with Gasteiger partial charge in [0, 0.05) is 18.7 Å². The number of amides is 1. The molecule has 0 radical (unpaired) electrons. The highest BCUT2D eigenvalue weighted by Crippen LogP contribution is 2.20. The summed E-state index contributed by atoms with van der Waals surface area (Å²) >= 11 is 0. The number of nitrogens with one attached hydrogen (secondary N) is 1. The summed E-state index contributed by atoms with van der Waals surface area (Å²) in [6.45, 7) is 3.51. The van der Waals surface area contributed by atoms with Crippen molar-refractivity contribution in [2.45, 2.75) is 26.4 Å². The number of furan rings is 1. The van der Waals surface area contributed by atoms with Gasteiger partial charge in [-0.3, -0.25) is 14.0 Å². The first-order chi connectivity index (χ1) is 13.0. The molecule has 0 unspecified atom stereocenters. The van der Waals surface area contributed by atoms with Crippen LogP contribution in [-0.2, 0) is 11.3 Å². The van der Waals surface area contributed by atoms with Crippen LogP contribution in [-0.4, -0.2) is 20.1 Å². The fourth-order valence-electron chi connectivity index (χ4n) is 3.15. The standard InChI is InChI=1S/C19H17FN4O3/c1-11(18(25)21-10-13-4-3-5-14(20)8-13)24-19(26)16-9-17-15(6-7-27-17)23(16)12(2)22-24/h3-9,11H,10H2,1-2H3,(H,21,25)/t11-/m1/s1. The van der Waals surface area contributed by atoms with Crippen LogP contribution in [0, 0.1) is 12.7 Å². The first-order valence-corrected chi connectivity index (χ1v) is 8.46. The molecule has 1 N–H and O–H groups in total. The Bertz CT molecular complexity index is 1220. The highest BCUT2D eigenvalue weighted by Gasteiger charge is 2.21. The Labute approximate surface area is 153 Å². The number of nitrogens with zero attached hydrogens (tertiary/aromatic N) is 3. The van der Waals surface area contributed by atoms with E-state index in [4.69, 9.17) is 4.42 Å². The topological polar surface area (TPSA) is 81.5 Å². The van der Waals surface area contributed by atoms with E-state index in [2.05, 4.69) is 10.4 Å². The largest absolute Gasteiger partial charge is 0.463 e. The number of aromatic nitrogens is 3. The zero-order valence-corrected chi connectivity index (χ0v) is 14.8. The second-order valence-corrected chi connectivity index (χ2v) is 6.36. The summed E-state index contributed by atoms with van der Waals surface area (Å²) in [5.41, 5.74) is 1.97. The van der Waals surface area contributed by atoms with E-state index in [1.165, 1.54) is 12.1 Å². The fraction of sp³-hybridized carbons (Fsp3) is 0.211. The second kappa shape index (κ2) is 6.39. The van der Waals surface area contributed by atoms with Crippen LogP contribution in [0.2, 0.25) is 0 Å². The average Bonchev–Trinajstić information content (AvgIpc) is 3.23. The van der Waals surface area contributed by atoms with Crippen molar-refractivity contribution in [1.82, 2.24) is 19.5 Å². The van der Waals surface area contributed by atoms with Gasteiger partial charge in [0.1, 0.15) is 23.2 Å². The molecule has 0 saturated carbocycles. The van der Waals surface area contributed by atoms with E-state index in [9.17, 15) is 14.0 Å². The maximum absolute atomic E-state index is 13.2. The van der Waals surface area contributed by atoms with Crippen LogP contribution in [0.1, 0.15) is 24.4 Å². The number of benzene rings is 1. The van der Waals surface area contributed by atoms with Gasteiger partial charge in [-0.05, 0) is 31.5 Å². The summed E-state index contributed by atoms with van der Waals surface area (Å²) in [5, 5.41) is 7.01. The minimum atomic E-state index is -0.823. The maximum atomic E-state index is 13.2. The van der Waals surface area contributed by atoms with E-state index in [0.29, 0.717) is 22.5 Å². The first kappa shape index (κ1) is 17.0. The Kier molecular flexibility index (Phi) is 4.02. The van der Waals surface area contributed by atoms with Crippen LogP contribution in [0.4, 0.5) is 4.39 Å². The lowest BCUT2D eigenvalue weighted by atomic mass is 10.2. The Hall–Kier alpha value is -3.42. The number of carbonyl (C=O) groups excluding carboxylic acids is 1. The zero-order chi connectivity index (χ0) is 19.1.